The van der Waals surface area contributed by atoms with E-state index < -0.39 is 5.92 Å². The van der Waals surface area contributed by atoms with Gasteiger partial charge < -0.3 is 0 Å². The van der Waals surface area contributed by atoms with E-state index in [4.69, 9.17) is 0 Å². The van der Waals surface area contributed by atoms with Crippen molar-refractivity contribution < 1.29 is 8.78 Å². The van der Waals surface area contributed by atoms with Gasteiger partial charge in [0.05, 0.1) is 0 Å². The Hall–Kier alpha value is -0.140. The first-order valence-corrected chi connectivity index (χ1v) is 5.45. The fourth-order valence-corrected chi connectivity index (χ4v) is 2.54. The van der Waals surface area contributed by atoms with Crippen molar-refractivity contribution >= 4 is 0 Å². The highest BCUT2D eigenvalue weighted by Crippen LogP contribution is 2.61. The highest BCUT2D eigenvalue weighted by Gasteiger charge is 2.63. The van der Waals surface area contributed by atoms with Crippen LogP contribution in [0.15, 0.2) is 0 Å². The minimum absolute atomic E-state index is 0.262. The monoisotopic (exact) mass is 188 g/mol. The van der Waals surface area contributed by atoms with Gasteiger partial charge in [0.2, 0.25) is 0 Å². The summed E-state index contributed by atoms with van der Waals surface area (Å²) in [5, 5.41) is 0. The molecule has 0 heterocycles. The summed E-state index contributed by atoms with van der Waals surface area (Å²) >= 11 is 0. The van der Waals surface area contributed by atoms with Crippen LogP contribution in [0.3, 0.4) is 0 Å². The Bertz CT molecular complexity index is 200. The number of hydrogen-bond donors (Lipinski definition) is 0. The van der Waals surface area contributed by atoms with Gasteiger partial charge in [-0.2, -0.15) is 0 Å². The first kappa shape index (κ1) is 9.42. The zero-order valence-electron chi connectivity index (χ0n) is 8.39. The number of hydrogen-bond acceptors (Lipinski definition) is 0. The topological polar surface area (TPSA) is 0 Å². The van der Waals surface area contributed by atoms with E-state index in [1.54, 1.807) is 0 Å². The highest BCUT2D eigenvalue weighted by atomic mass is 19.3. The van der Waals surface area contributed by atoms with Crippen LogP contribution in [0.4, 0.5) is 8.78 Å². The molecule has 2 aliphatic rings. The third-order valence-electron chi connectivity index (χ3n) is 3.68. The van der Waals surface area contributed by atoms with Gasteiger partial charge in [0.15, 0.2) is 0 Å². The molecule has 0 bridgehead atoms. The lowest BCUT2D eigenvalue weighted by Gasteiger charge is -2.15. The Morgan fingerprint density at radius 3 is 2.31 bits per heavy atom. The zero-order valence-corrected chi connectivity index (χ0v) is 8.39. The maximum atomic E-state index is 13.6. The summed E-state index contributed by atoms with van der Waals surface area (Å²) in [4.78, 5) is 0. The van der Waals surface area contributed by atoms with Gasteiger partial charge in [-0.1, -0.05) is 26.7 Å². The minimum Gasteiger partial charge on any atom is -0.206 e. The average molecular weight is 188 g/mol. The Labute approximate surface area is 78.7 Å². The van der Waals surface area contributed by atoms with Crippen LogP contribution >= 0.6 is 0 Å². The van der Waals surface area contributed by atoms with Crippen LogP contribution in [0.25, 0.3) is 0 Å². The molecule has 0 aromatic rings. The molecule has 2 aliphatic carbocycles. The molecule has 0 aromatic carbocycles. The van der Waals surface area contributed by atoms with Gasteiger partial charge >= 0.3 is 0 Å². The van der Waals surface area contributed by atoms with Crippen LogP contribution in [-0.2, 0) is 0 Å². The molecule has 0 nitrogen and oxygen atoms in total. The zero-order chi connectivity index (χ0) is 9.64. The summed E-state index contributed by atoms with van der Waals surface area (Å²) in [5.41, 5.74) is 0. The van der Waals surface area contributed by atoms with Crippen molar-refractivity contribution in [2.75, 3.05) is 0 Å². The fourth-order valence-electron chi connectivity index (χ4n) is 2.54. The van der Waals surface area contributed by atoms with Crippen LogP contribution in [0, 0.1) is 23.7 Å². The Morgan fingerprint density at radius 2 is 1.85 bits per heavy atom. The van der Waals surface area contributed by atoms with E-state index in [2.05, 4.69) is 6.92 Å². The molecule has 0 spiro atoms. The van der Waals surface area contributed by atoms with Gasteiger partial charge in [0, 0.05) is 11.8 Å². The van der Waals surface area contributed by atoms with Gasteiger partial charge in [0.1, 0.15) is 0 Å². The van der Waals surface area contributed by atoms with Gasteiger partial charge in [0.25, 0.3) is 5.92 Å². The summed E-state index contributed by atoms with van der Waals surface area (Å²) in [7, 11) is 0. The second kappa shape index (κ2) is 2.93. The van der Waals surface area contributed by atoms with E-state index in [-0.39, 0.29) is 17.8 Å². The van der Waals surface area contributed by atoms with Crippen LogP contribution in [0.5, 0.6) is 0 Å². The molecule has 2 fully saturated rings. The molecule has 0 amide bonds. The summed E-state index contributed by atoms with van der Waals surface area (Å²) in [5.74, 6) is -2.26. The first-order chi connectivity index (χ1) is 6.07. The number of alkyl halides is 2. The molecule has 76 valence electrons. The van der Waals surface area contributed by atoms with Crippen molar-refractivity contribution in [3.05, 3.63) is 0 Å². The van der Waals surface area contributed by atoms with Crippen molar-refractivity contribution in [1.29, 1.82) is 0 Å². The largest absolute Gasteiger partial charge is 0.254 e. The number of halogens is 2. The second-order valence-corrected chi connectivity index (χ2v) is 4.88. The van der Waals surface area contributed by atoms with E-state index in [9.17, 15) is 8.78 Å². The van der Waals surface area contributed by atoms with Crippen LogP contribution in [0.1, 0.15) is 39.5 Å². The molecule has 0 saturated heterocycles. The summed E-state index contributed by atoms with van der Waals surface area (Å²) < 4.78 is 27.2. The van der Waals surface area contributed by atoms with Gasteiger partial charge in [-0.15, -0.1) is 0 Å². The van der Waals surface area contributed by atoms with Crippen molar-refractivity contribution in [3.8, 4) is 0 Å². The molecule has 0 radical (unpaired) electrons. The maximum absolute atomic E-state index is 13.6. The smallest absolute Gasteiger partial charge is 0.206 e. The maximum Gasteiger partial charge on any atom is 0.254 e. The van der Waals surface area contributed by atoms with Crippen molar-refractivity contribution in [2.24, 2.45) is 23.7 Å². The van der Waals surface area contributed by atoms with E-state index in [1.165, 1.54) is 0 Å². The molecular formula is C11H18F2. The molecular weight excluding hydrogens is 170 g/mol. The highest BCUT2D eigenvalue weighted by molar-refractivity contribution is 5.04. The molecule has 13 heavy (non-hydrogen) atoms. The Morgan fingerprint density at radius 1 is 1.23 bits per heavy atom. The summed E-state index contributed by atoms with van der Waals surface area (Å²) in [6.45, 7) is 4.02. The van der Waals surface area contributed by atoms with E-state index >= 15 is 0 Å². The third-order valence-corrected chi connectivity index (χ3v) is 3.68. The standard InChI is InChI=1S/C11H18F2/c1-3-4-8-6-10(8)11(12,13)9-5-7(9)2/h7-10H,3-6H2,1-2H3. The summed E-state index contributed by atoms with van der Waals surface area (Å²) in [6.07, 6.45) is 3.59. The van der Waals surface area contributed by atoms with E-state index in [0.29, 0.717) is 5.92 Å². The van der Waals surface area contributed by atoms with Gasteiger partial charge in [-0.25, -0.2) is 8.78 Å². The second-order valence-electron chi connectivity index (χ2n) is 4.88. The predicted molar refractivity (Wildman–Crippen MR) is 48.7 cm³/mol. The quantitative estimate of drug-likeness (QED) is 0.630. The molecule has 0 N–H and O–H groups in total. The lowest BCUT2D eigenvalue weighted by molar-refractivity contribution is -0.0538. The first-order valence-electron chi connectivity index (χ1n) is 5.45. The molecule has 4 unspecified atom stereocenters. The van der Waals surface area contributed by atoms with Gasteiger partial charge in [-0.05, 0) is 24.7 Å². The van der Waals surface area contributed by atoms with Crippen LogP contribution < -0.4 is 0 Å². The third kappa shape index (κ3) is 1.60. The fraction of sp³-hybridized carbons (Fsp3) is 1.00. The Kier molecular flexibility index (Phi) is 2.12. The number of rotatable bonds is 4. The lowest BCUT2D eigenvalue weighted by Crippen LogP contribution is -2.24. The van der Waals surface area contributed by atoms with Crippen molar-refractivity contribution in [2.45, 2.75) is 45.5 Å². The molecule has 2 heteroatoms. The summed E-state index contributed by atoms with van der Waals surface area (Å²) in [6, 6.07) is 0. The van der Waals surface area contributed by atoms with Crippen molar-refractivity contribution in [1.82, 2.24) is 0 Å². The van der Waals surface area contributed by atoms with Crippen molar-refractivity contribution in [3.63, 3.8) is 0 Å². The Balaban J connectivity index is 1.87. The predicted octanol–water partition coefficient (Wildman–Crippen LogP) is 3.71. The van der Waals surface area contributed by atoms with Crippen LogP contribution in [-0.4, -0.2) is 5.92 Å². The van der Waals surface area contributed by atoms with E-state index in [0.717, 1.165) is 25.7 Å². The minimum atomic E-state index is -2.33. The lowest BCUT2D eigenvalue weighted by atomic mass is 10.0. The molecule has 0 aromatic heterocycles. The molecule has 4 atom stereocenters. The molecule has 0 aliphatic heterocycles. The van der Waals surface area contributed by atoms with Crippen LogP contribution in [0.2, 0.25) is 0 Å². The average Bonchev–Trinajstić information content (AvgIpc) is 2.86. The van der Waals surface area contributed by atoms with Gasteiger partial charge in [-0.3, -0.25) is 0 Å². The normalized spacial score (nSPS) is 43.4. The molecule has 2 saturated carbocycles. The van der Waals surface area contributed by atoms with E-state index in [1.807, 2.05) is 6.92 Å². The SMILES string of the molecule is CCCC1CC1C(F)(F)C1CC1C. The molecule has 2 rings (SSSR count).